The van der Waals surface area contributed by atoms with Crippen LogP contribution in [0.4, 0.5) is 5.69 Å². The van der Waals surface area contributed by atoms with Gasteiger partial charge in [0.05, 0.1) is 41.4 Å². The number of aryl methyl sites for hydroxylation is 1. The molecule has 5 aromatic carbocycles. The third-order valence-electron chi connectivity index (χ3n) is 8.54. The van der Waals surface area contributed by atoms with E-state index in [1.54, 1.807) is 43.3 Å². The molecule has 1 amide bonds. The van der Waals surface area contributed by atoms with Gasteiger partial charge in [-0.05, 0) is 110 Å². The van der Waals surface area contributed by atoms with E-state index in [-0.39, 0.29) is 39.7 Å². The van der Waals surface area contributed by atoms with E-state index in [4.69, 9.17) is 28.2 Å². The largest absolute Gasteiger partial charge is 0.497 e. The lowest BCUT2D eigenvalue weighted by Crippen LogP contribution is -2.32. The Morgan fingerprint density at radius 1 is 0.655 bits per heavy atom. The fourth-order valence-corrected chi connectivity index (χ4v) is 6.34. The number of ether oxygens (including phenoxy) is 4. The van der Waals surface area contributed by atoms with Gasteiger partial charge in [0.2, 0.25) is 5.91 Å². The highest BCUT2D eigenvalue weighted by molar-refractivity contribution is 7.86. The summed E-state index contributed by atoms with van der Waals surface area (Å²) in [6.45, 7) is 4.79. The van der Waals surface area contributed by atoms with Crippen molar-refractivity contribution in [2.45, 2.75) is 44.6 Å². The second-order valence-corrected chi connectivity index (χ2v) is 15.1. The SMILES string of the molecule is COc1ccc(C(=O)Oc2ccc(C(=O)Oc3ccc(C(CC(=O)Oc4ccc(NC(=O)C(C)(C)CC(=O)O)cc4)OS(=O)(=O)c4ccc(C)cc4)cc3)cc2)cc1. The number of amides is 1. The topological polar surface area (TPSA) is 198 Å². The first kappa shape index (κ1) is 42.3. The zero-order valence-electron chi connectivity index (χ0n) is 31.8. The predicted molar refractivity (Wildman–Crippen MR) is 209 cm³/mol. The van der Waals surface area contributed by atoms with Crippen molar-refractivity contribution in [3.8, 4) is 23.0 Å². The number of benzene rings is 5. The van der Waals surface area contributed by atoms with Crippen LogP contribution in [-0.2, 0) is 28.7 Å². The average molecular weight is 810 g/mol. The zero-order chi connectivity index (χ0) is 42.0. The Morgan fingerprint density at radius 3 is 1.62 bits per heavy atom. The summed E-state index contributed by atoms with van der Waals surface area (Å²) >= 11 is 0. The normalized spacial score (nSPS) is 11.8. The molecule has 15 heteroatoms. The Morgan fingerprint density at radius 2 is 1.12 bits per heavy atom. The average Bonchev–Trinajstić information content (AvgIpc) is 3.18. The van der Waals surface area contributed by atoms with Crippen LogP contribution in [0.2, 0.25) is 0 Å². The molecule has 0 spiro atoms. The smallest absolute Gasteiger partial charge is 0.343 e. The van der Waals surface area contributed by atoms with E-state index in [1.165, 1.54) is 106 Å². The van der Waals surface area contributed by atoms with Gasteiger partial charge in [-0.15, -0.1) is 0 Å². The first-order chi connectivity index (χ1) is 27.5. The highest BCUT2D eigenvalue weighted by atomic mass is 32.2. The number of rotatable bonds is 16. The fourth-order valence-electron chi connectivity index (χ4n) is 5.28. The first-order valence-electron chi connectivity index (χ1n) is 17.6. The number of methoxy groups -OCH3 is 1. The first-order valence-corrected chi connectivity index (χ1v) is 19.0. The van der Waals surface area contributed by atoms with Gasteiger partial charge in [0.15, 0.2) is 0 Å². The number of aliphatic carboxylic acids is 1. The van der Waals surface area contributed by atoms with E-state index >= 15 is 0 Å². The van der Waals surface area contributed by atoms with Crippen LogP contribution in [-0.4, -0.2) is 50.4 Å². The number of carboxylic acids is 1. The van der Waals surface area contributed by atoms with Crippen LogP contribution in [0.25, 0.3) is 0 Å². The molecule has 0 fully saturated rings. The molecule has 0 saturated carbocycles. The molecule has 2 N–H and O–H groups in total. The number of esters is 3. The number of carboxylic acid groups (broad SMARTS) is 1. The number of anilines is 1. The van der Waals surface area contributed by atoms with Crippen LogP contribution in [0, 0.1) is 12.3 Å². The molecule has 0 heterocycles. The molecule has 5 rings (SSSR count). The van der Waals surface area contributed by atoms with Crippen molar-refractivity contribution < 1.29 is 60.6 Å². The van der Waals surface area contributed by atoms with E-state index in [9.17, 15) is 32.4 Å². The standard InChI is InChI=1S/C43H39NO13S/c1-27-5-23-36(24-6-27)58(51,52)57-37(25-39(47)54-33-21-13-31(14-22-33)44-42(50)43(2,3)26-38(45)46)28-7-17-34(18-8-28)55-41(49)30-11-19-35(20-12-30)56-40(48)29-9-15-32(53-4)16-10-29/h5-24,37H,25-26H2,1-4H3,(H,44,50)(H,45,46). The van der Waals surface area contributed by atoms with Gasteiger partial charge in [0.25, 0.3) is 10.1 Å². The maximum absolute atomic E-state index is 13.3. The van der Waals surface area contributed by atoms with Crippen molar-refractivity contribution >= 4 is 45.6 Å². The second kappa shape index (κ2) is 18.4. The zero-order valence-corrected chi connectivity index (χ0v) is 32.6. The molecule has 5 aromatic rings. The van der Waals surface area contributed by atoms with Crippen LogP contribution in [0.15, 0.2) is 126 Å². The van der Waals surface area contributed by atoms with Crippen molar-refractivity contribution in [1.29, 1.82) is 0 Å². The van der Waals surface area contributed by atoms with Crippen molar-refractivity contribution in [2.24, 2.45) is 5.41 Å². The lowest BCUT2D eigenvalue weighted by atomic mass is 9.88. The summed E-state index contributed by atoms with van der Waals surface area (Å²) in [6, 6.07) is 29.5. The predicted octanol–water partition coefficient (Wildman–Crippen LogP) is 7.32. The van der Waals surface area contributed by atoms with Gasteiger partial charge in [0.1, 0.15) is 29.1 Å². The molecule has 58 heavy (non-hydrogen) atoms. The van der Waals surface area contributed by atoms with E-state index in [0.717, 1.165) is 5.56 Å². The third-order valence-corrected chi connectivity index (χ3v) is 9.88. The van der Waals surface area contributed by atoms with Crippen LogP contribution >= 0.6 is 0 Å². The fraction of sp³-hybridized carbons (Fsp3) is 0.186. The van der Waals surface area contributed by atoms with Gasteiger partial charge >= 0.3 is 23.9 Å². The lowest BCUT2D eigenvalue weighted by Gasteiger charge is -2.21. The summed E-state index contributed by atoms with van der Waals surface area (Å²) in [5.41, 5.74) is 0.675. The minimum atomic E-state index is -4.38. The summed E-state index contributed by atoms with van der Waals surface area (Å²) in [6.07, 6.45) is -2.30. The van der Waals surface area contributed by atoms with Crippen LogP contribution in [0.5, 0.6) is 23.0 Å². The molecule has 0 radical (unpaired) electrons. The van der Waals surface area contributed by atoms with Crippen LogP contribution in [0.1, 0.15) is 64.6 Å². The van der Waals surface area contributed by atoms with E-state index in [1.807, 2.05) is 0 Å². The summed E-state index contributed by atoms with van der Waals surface area (Å²) in [7, 11) is -2.87. The Hall–Kier alpha value is -6.84. The summed E-state index contributed by atoms with van der Waals surface area (Å²) in [5, 5.41) is 11.7. The van der Waals surface area contributed by atoms with Gasteiger partial charge in [-0.3, -0.25) is 18.6 Å². The molecule has 0 aliphatic rings. The number of carbonyl (C=O) groups is 5. The number of hydrogen-bond acceptors (Lipinski definition) is 12. The van der Waals surface area contributed by atoms with Crippen molar-refractivity contribution in [1.82, 2.24) is 0 Å². The Balaban J connectivity index is 1.25. The Bertz CT molecular complexity index is 2370. The maximum Gasteiger partial charge on any atom is 0.343 e. The maximum atomic E-state index is 13.3. The van der Waals surface area contributed by atoms with Gasteiger partial charge in [-0.2, -0.15) is 8.42 Å². The number of nitrogens with one attached hydrogen (secondary N) is 1. The molecule has 0 saturated heterocycles. The quantitative estimate of drug-likeness (QED) is 0.0572. The highest BCUT2D eigenvalue weighted by Gasteiger charge is 2.31. The highest BCUT2D eigenvalue weighted by Crippen LogP contribution is 2.30. The monoisotopic (exact) mass is 809 g/mol. The van der Waals surface area contributed by atoms with Gasteiger partial charge in [-0.25, -0.2) is 9.59 Å². The molecule has 14 nitrogen and oxygen atoms in total. The van der Waals surface area contributed by atoms with E-state index in [2.05, 4.69) is 5.32 Å². The third kappa shape index (κ3) is 11.6. The molecule has 0 aromatic heterocycles. The molecule has 1 unspecified atom stereocenters. The summed E-state index contributed by atoms with van der Waals surface area (Å²) in [5.74, 6) is -2.85. The molecule has 0 aliphatic heterocycles. The molecular weight excluding hydrogens is 771 g/mol. The Kier molecular flexibility index (Phi) is 13.4. The van der Waals surface area contributed by atoms with Crippen LogP contribution < -0.4 is 24.3 Å². The molecule has 1 atom stereocenters. The Labute approximate surface area is 334 Å². The van der Waals surface area contributed by atoms with Crippen molar-refractivity contribution in [3.05, 3.63) is 144 Å². The second-order valence-electron chi connectivity index (χ2n) is 13.6. The molecule has 0 bridgehead atoms. The van der Waals surface area contributed by atoms with Crippen molar-refractivity contribution in [3.63, 3.8) is 0 Å². The summed E-state index contributed by atoms with van der Waals surface area (Å²) in [4.78, 5) is 62.2. The number of carbonyl (C=O) groups excluding carboxylic acids is 4. The van der Waals surface area contributed by atoms with Gasteiger partial charge in [-0.1, -0.05) is 43.7 Å². The summed E-state index contributed by atoms with van der Waals surface area (Å²) < 4.78 is 53.7. The van der Waals surface area contributed by atoms with E-state index < -0.39 is 57.8 Å². The molecule has 300 valence electrons. The van der Waals surface area contributed by atoms with Crippen molar-refractivity contribution in [2.75, 3.05) is 12.4 Å². The number of hydrogen-bond donors (Lipinski definition) is 2. The lowest BCUT2D eigenvalue weighted by molar-refractivity contribution is -0.142. The minimum Gasteiger partial charge on any atom is -0.497 e. The minimum absolute atomic E-state index is 0.0821. The van der Waals surface area contributed by atoms with E-state index in [0.29, 0.717) is 17.0 Å². The molecule has 0 aliphatic carbocycles. The molecular formula is C43H39NO13S. The van der Waals surface area contributed by atoms with Gasteiger partial charge < -0.3 is 29.4 Å². The van der Waals surface area contributed by atoms with Crippen LogP contribution in [0.3, 0.4) is 0 Å². The van der Waals surface area contributed by atoms with Gasteiger partial charge in [0, 0.05) is 5.69 Å².